The average Bonchev–Trinajstić information content (AvgIpc) is 3.38. The quantitative estimate of drug-likeness (QED) is 0.280. The predicted molar refractivity (Wildman–Crippen MR) is 161 cm³/mol. The predicted octanol–water partition coefficient (Wildman–Crippen LogP) is 4.92. The minimum absolute atomic E-state index is 0.170. The van der Waals surface area contributed by atoms with E-state index in [0.29, 0.717) is 51.4 Å². The van der Waals surface area contributed by atoms with E-state index in [9.17, 15) is 22.4 Å². The summed E-state index contributed by atoms with van der Waals surface area (Å²) in [6.45, 7) is 11.0. The standard InChI is InChI=1S/C31H35FN4O4S/c1-5-36(6-2)14-13-33-31(38)29-20(3)28(34-21(29)4)18-26-25-17-22(10-11-27(25)35-30(26)37)12-15-41(39,40)19-23-8-7-9-24(32)16-23/h7-12,15-18,34H,5-6,13-14,19H2,1-4H3,(H,33,38)(H,35,37)/b15-12+,26-18-. The fourth-order valence-electron chi connectivity index (χ4n) is 4.90. The van der Waals surface area contributed by atoms with E-state index >= 15 is 0 Å². The second-order valence-electron chi connectivity index (χ2n) is 10.0. The molecule has 0 fully saturated rings. The number of hydrogen-bond donors (Lipinski definition) is 3. The summed E-state index contributed by atoms with van der Waals surface area (Å²) in [6, 6.07) is 10.6. The first kappa shape index (κ1) is 30.0. The van der Waals surface area contributed by atoms with Gasteiger partial charge < -0.3 is 20.5 Å². The Labute approximate surface area is 240 Å². The van der Waals surface area contributed by atoms with Gasteiger partial charge in [0.15, 0.2) is 9.84 Å². The molecule has 0 saturated carbocycles. The van der Waals surface area contributed by atoms with Crippen molar-refractivity contribution in [3.05, 3.63) is 92.9 Å². The number of sulfone groups is 1. The first-order chi connectivity index (χ1) is 19.5. The highest BCUT2D eigenvalue weighted by Crippen LogP contribution is 2.35. The van der Waals surface area contributed by atoms with Crippen molar-refractivity contribution >= 4 is 45.1 Å². The van der Waals surface area contributed by atoms with Crippen LogP contribution in [0.25, 0.3) is 17.7 Å². The number of rotatable bonds is 11. The van der Waals surface area contributed by atoms with Crippen molar-refractivity contribution in [2.45, 2.75) is 33.4 Å². The molecule has 216 valence electrons. The monoisotopic (exact) mass is 578 g/mol. The molecule has 2 heterocycles. The van der Waals surface area contributed by atoms with Gasteiger partial charge >= 0.3 is 0 Å². The summed E-state index contributed by atoms with van der Waals surface area (Å²) in [5.74, 6) is -1.28. The normalized spacial score (nSPS) is 14.2. The maximum absolute atomic E-state index is 13.5. The van der Waals surface area contributed by atoms with E-state index in [0.717, 1.165) is 30.6 Å². The third-order valence-electron chi connectivity index (χ3n) is 7.15. The number of nitrogens with one attached hydrogen (secondary N) is 3. The van der Waals surface area contributed by atoms with Gasteiger partial charge in [0.1, 0.15) is 5.82 Å². The molecule has 1 aliphatic rings. The highest BCUT2D eigenvalue weighted by atomic mass is 32.2. The van der Waals surface area contributed by atoms with Crippen molar-refractivity contribution in [2.75, 3.05) is 31.5 Å². The topological polar surface area (TPSA) is 111 Å². The zero-order chi connectivity index (χ0) is 29.7. The number of benzene rings is 2. The molecule has 0 unspecified atom stereocenters. The number of aromatic amines is 1. The minimum atomic E-state index is -3.66. The van der Waals surface area contributed by atoms with Crippen LogP contribution in [0.2, 0.25) is 0 Å². The first-order valence-corrected chi connectivity index (χ1v) is 15.2. The molecule has 3 N–H and O–H groups in total. The van der Waals surface area contributed by atoms with Crippen LogP contribution in [-0.4, -0.2) is 56.3 Å². The van der Waals surface area contributed by atoms with Crippen LogP contribution in [0.3, 0.4) is 0 Å². The lowest BCUT2D eigenvalue weighted by Crippen LogP contribution is -2.35. The molecule has 10 heteroatoms. The van der Waals surface area contributed by atoms with Gasteiger partial charge in [-0.1, -0.05) is 32.0 Å². The first-order valence-electron chi connectivity index (χ1n) is 13.5. The summed E-state index contributed by atoms with van der Waals surface area (Å²) in [6.07, 6.45) is 3.17. The largest absolute Gasteiger partial charge is 0.358 e. The van der Waals surface area contributed by atoms with Crippen LogP contribution >= 0.6 is 0 Å². The maximum atomic E-state index is 13.5. The average molecular weight is 579 g/mol. The Bertz CT molecular complexity index is 1640. The van der Waals surface area contributed by atoms with Crippen LogP contribution in [0.5, 0.6) is 0 Å². The van der Waals surface area contributed by atoms with E-state index < -0.39 is 15.7 Å². The van der Waals surface area contributed by atoms with Crippen LogP contribution in [0.1, 0.15) is 57.8 Å². The highest BCUT2D eigenvalue weighted by Gasteiger charge is 2.26. The Balaban J connectivity index is 1.55. The number of amides is 2. The zero-order valence-electron chi connectivity index (χ0n) is 23.7. The van der Waals surface area contributed by atoms with Crippen molar-refractivity contribution in [1.29, 1.82) is 0 Å². The third-order valence-corrected chi connectivity index (χ3v) is 8.44. The van der Waals surface area contributed by atoms with Gasteiger partial charge in [0.25, 0.3) is 11.8 Å². The molecule has 0 atom stereocenters. The maximum Gasteiger partial charge on any atom is 0.256 e. The van der Waals surface area contributed by atoms with E-state index in [1.54, 1.807) is 30.3 Å². The summed E-state index contributed by atoms with van der Waals surface area (Å²) >= 11 is 0. The van der Waals surface area contributed by atoms with E-state index in [1.165, 1.54) is 24.3 Å². The Kier molecular flexibility index (Phi) is 9.25. The van der Waals surface area contributed by atoms with Crippen molar-refractivity contribution in [3.63, 3.8) is 0 Å². The van der Waals surface area contributed by atoms with Crippen molar-refractivity contribution in [2.24, 2.45) is 0 Å². The van der Waals surface area contributed by atoms with Gasteiger partial charge in [0, 0.05) is 41.1 Å². The second kappa shape index (κ2) is 12.7. The number of halogens is 1. The van der Waals surface area contributed by atoms with Crippen LogP contribution in [-0.2, 0) is 20.4 Å². The lowest BCUT2D eigenvalue weighted by Gasteiger charge is -2.18. The summed E-state index contributed by atoms with van der Waals surface area (Å²) in [4.78, 5) is 31.3. The molecular formula is C31H35FN4O4S. The zero-order valence-corrected chi connectivity index (χ0v) is 24.5. The Morgan fingerprint density at radius 3 is 2.56 bits per heavy atom. The summed E-state index contributed by atoms with van der Waals surface area (Å²) < 4.78 is 38.7. The molecule has 0 spiro atoms. The van der Waals surface area contributed by atoms with E-state index in [4.69, 9.17) is 0 Å². The highest BCUT2D eigenvalue weighted by molar-refractivity contribution is 7.93. The Morgan fingerprint density at radius 2 is 1.85 bits per heavy atom. The number of H-pyrrole nitrogens is 1. The molecule has 1 aromatic heterocycles. The van der Waals surface area contributed by atoms with Crippen LogP contribution in [0, 0.1) is 19.7 Å². The Morgan fingerprint density at radius 1 is 1.10 bits per heavy atom. The number of likely N-dealkylation sites (N-methyl/N-ethyl adjacent to an activating group) is 1. The molecule has 0 aliphatic carbocycles. The number of anilines is 1. The number of aryl methyl sites for hydroxylation is 1. The van der Waals surface area contributed by atoms with E-state index in [1.807, 2.05) is 13.8 Å². The SMILES string of the molecule is CCN(CC)CCNC(=O)c1c(C)[nH]c(/C=C2\C(=O)Nc3ccc(/C=C/S(=O)(=O)Cc4cccc(F)c4)cc32)c1C. The minimum Gasteiger partial charge on any atom is -0.358 e. The van der Waals surface area contributed by atoms with Gasteiger partial charge in [-0.05, 0) is 80.0 Å². The molecular weight excluding hydrogens is 543 g/mol. The van der Waals surface area contributed by atoms with Crippen molar-refractivity contribution in [3.8, 4) is 0 Å². The Hall–Kier alpha value is -4.02. The van der Waals surface area contributed by atoms with Crippen molar-refractivity contribution < 1.29 is 22.4 Å². The van der Waals surface area contributed by atoms with Gasteiger partial charge in [0.2, 0.25) is 0 Å². The molecule has 0 saturated heterocycles. The number of aromatic nitrogens is 1. The molecule has 4 rings (SSSR count). The smallest absolute Gasteiger partial charge is 0.256 e. The fraction of sp³-hybridized carbons (Fsp3) is 0.290. The van der Waals surface area contributed by atoms with Gasteiger partial charge in [-0.3, -0.25) is 9.59 Å². The van der Waals surface area contributed by atoms with Crippen LogP contribution in [0.4, 0.5) is 10.1 Å². The lowest BCUT2D eigenvalue weighted by molar-refractivity contribution is -0.110. The van der Waals surface area contributed by atoms with Gasteiger partial charge in [-0.25, -0.2) is 12.8 Å². The molecule has 0 radical (unpaired) electrons. The van der Waals surface area contributed by atoms with Gasteiger partial charge in [-0.2, -0.15) is 0 Å². The van der Waals surface area contributed by atoms with Crippen molar-refractivity contribution in [1.82, 2.24) is 15.2 Å². The lowest BCUT2D eigenvalue weighted by atomic mass is 10.0. The molecule has 1 aliphatic heterocycles. The number of fused-ring (bicyclic) bond motifs is 1. The van der Waals surface area contributed by atoms with Crippen LogP contribution in [0.15, 0.2) is 47.9 Å². The number of carbonyl (C=O) groups excluding carboxylic acids is 2. The number of carbonyl (C=O) groups is 2. The number of nitrogens with zero attached hydrogens (tertiary/aromatic N) is 1. The van der Waals surface area contributed by atoms with Gasteiger partial charge in [0.05, 0.1) is 16.9 Å². The third kappa shape index (κ3) is 7.20. The van der Waals surface area contributed by atoms with Crippen LogP contribution < -0.4 is 10.6 Å². The summed E-state index contributed by atoms with van der Waals surface area (Å²) in [5, 5.41) is 6.92. The second-order valence-corrected chi connectivity index (χ2v) is 11.9. The molecule has 2 aromatic carbocycles. The fourth-order valence-corrected chi connectivity index (χ4v) is 6.01. The molecule has 8 nitrogen and oxygen atoms in total. The number of hydrogen-bond acceptors (Lipinski definition) is 5. The summed E-state index contributed by atoms with van der Waals surface area (Å²) in [5.41, 5.74) is 5.20. The molecule has 2 amide bonds. The molecule has 3 aromatic rings. The van der Waals surface area contributed by atoms with E-state index in [-0.39, 0.29) is 17.6 Å². The molecule has 41 heavy (non-hydrogen) atoms. The van der Waals surface area contributed by atoms with Gasteiger partial charge in [-0.15, -0.1) is 0 Å². The molecule has 0 bridgehead atoms. The van der Waals surface area contributed by atoms with E-state index in [2.05, 4.69) is 34.4 Å². The summed E-state index contributed by atoms with van der Waals surface area (Å²) in [7, 11) is -3.66.